The van der Waals surface area contributed by atoms with Crippen molar-refractivity contribution in [1.82, 2.24) is 9.62 Å². The Kier molecular flexibility index (Phi) is 5.76. The van der Waals surface area contributed by atoms with E-state index in [0.717, 1.165) is 35.8 Å². The number of carbonyl (C=O) groups excluding carboxylic acids is 2. The molecule has 8 nitrogen and oxygen atoms in total. The van der Waals surface area contributed by atoms with Gasteiger partial charge in [-0.15, -0.1) is 6.58 Å². The maximum absolute atomic E-state index is 13.2. The largest absolute Gasteiger partial charge is 0.358 e. The Morgan fingerprint density at radius 2 is 2.07 bits per heavy atom. The van der Waals surface area contributed by atoms with Gasteiger partial charge in [0, 0.05) is 27.2 Å². The third-order valence-electron chi connectivity index (χ3n) is 5.12. The summed E-state index contributed by atoms with van der Waals surface area (Å²) in [5.74, 6) is -0.482. The SMILES string of the molecule is C=CCNC(=O)CN1C(=O)[C@H]2CCCCN2c2ccc(S(=O)(=O)N(C)C)cc21. The van der Waals surface area contributed by atoms with Crippen molar-refractivity contribution in [3.05, 3.63) is 30.9 Å². The fourth-order valence-corrected chi connectivity index (χ4v) is 4.58. The normalized spacial score (nSPS) is 19.2. The lowest BCUT2D eigenvalue weighted by molar-refractivity contribution is -0.124. The molecule has 9 heteroatoms. The molecule has 1 aromatic rings. The summed E-state index contributed by atoms with van der Waals surface area (Å²) >= 11 is 0. The van der Waals surface area contributed by atoms with E-state index in [-0.39, 0.29) is 29.3 Å². The van der Waals surface area contributed by atoms with Crippen LogP contribution in [-0.4, -0.2) is 64.3 Å². The lowest BCUT2D eigenvalue weighted by atomic mass is 9.96. The van der Waals surface area contributed by atoms with Crippen molar-refractivity contribution in [2.24, 2.45) is 0 Å². The molecule has 28 heavy (non-hydrogen) atoms. The first-order valence-corrected chi connectivity index (χ1v) is 10.7. The summed E-state index contributed by atoms with van der Waals surface area (Å²) < 4.78 is 26.3. The van der Waals surface area contributed by atoms with Crippen LogP contribution in [0, 0.1) is 0 Å². The fraction of sp³-hybridized carbons (Fsp3) is 0.474. The summed E-state index contributed by atoms with van der Waals surface area (Å²) in [6.07, 6.45) is 4.21. The van der Waals surface area contributed by atoms with E-state index in [2.05, 4.69) is 11.9 Å². The second-order valence-electron chi connectivity index (χ2n) is 7.16. The van der Waals surface area contributed by atoms with Gasteiger partial charge in [-0.05, 0) is 37.5 Å². The first-order chi connectivity index (χ1) is 13.3. The number of carbonyl (C=O) groups is 2. The highest BCUT2D eigenvalue weighted by molar-refractivity contribution is 7.89. The number of anilines is 2. The quantitative estimate of drug-likeness (QED) is 0.711. The summed E-state index contributed by atoms with van der Waals surface area (Å²) in [6.45, 7) is 4.45. The van der Waals surface area contributed by atoms with E-state index < -0.39 is 10.0 Å². The number of benzene rings is 1. The third-order valence-corrected chi connectivity index (χ3v) is 6.94. The maximum Gasteiger partial charge on any atom is 0.250 e. The first kappa shape index (κ1) is 20.3. The van der Waals surface area contributed by atoms with Gasteiger partial charge in [0.2, 0.25) is 21.8 Å². The first-order valence-electron chi connectivity index (χ1n) is 9.29. The van der Waals surface area contributed by atoms with Gasteiger partial charge < -0.3 is 10.2 Å². The Balaban J connectivity index is 2.06. The van der Waals surface area contributed by atoms with E-state index in [9.17, 15) is 18.0 Å². The predicted molar refractivity (Wildman–Crippen MR) is 108 cm³/mol. The van der Waals surface area contributed by atoms with Crippen molar-refractivity contribution >= 4 is 33.2 Å². The predicted octanol–water partition coefficient (Wildman–Crippen LogP) is 0.945. The number of rotatable bonds is 6. The van der Waals surface area contributed by atoms with Crippen LogP contribution in [0.3, 0.4) is 0 Å². The molecule has 0 unspecified atom stereocenters. The Bertz CT molecular complexity index is 897. The average Bonchev–Trinajstić information content (AvgIpc) is 2.69. The molecular weight excluding hydrogens is 380 g/mol. The number of nitrogens with zero attached hydrogens (tertiary/aromatic N) is 3. The van der Waals surface area contributed by atoms with E-state index in [1.54, 1.807) is 18.2 Å². The zero-order chi connectivity index (χ0) is 20.5. The van der Waals surface area contributed by atoms with Crippen molar-refractivity contribution < 1.29 is 18.0 Å². The minimum atomic E-state index is -3.66. The van der Waals surface area contributed by atoms with Crippen molar-refractivity contribution in [3.63, 3.8) is 0 Å². The average molecular weight is 407 g/mol. The van der Waals surface area contributed by atoms with E-state index in [0.29, 0.717) is 12.2 Å². The van der Waals surface area contributed by atoms with Gasteiger partial charge in [0.1, 0.15) is 12.6 Å². The van der Waals surface area contributed by atoms with Gasteiger partial charge in [0.05, 0.1) is 16.3 Å². The van der Waals surface area contributed by atoms with Gasteiger partial charge in [0.15, 0.2) is 0 Å². The molecule has 152 valence electrons. The van der Waals surface area contributed by atoms with Crippen LogP contribution in [0.1, 0.15) is 19.3 Å². The van der Waals surface area contributed by atoms with Gasteiger partial charge in [0.25, 0.3) is 0 Å². The Labute approximate surface area is 165 Å². The highest BCUT2D eigenvalue weighted by Crippen LogP contribution is 2.40. The molecule has 1 saturated heterocycles. The van der Waals surface area contributed by atoms with E-state index in [4.69, 9.17) is 0 Å². The van der Waals surface area contributed by atoms with Crippen LogP contribution in [0.15, 0.2) is 35.7 Å². The van der Waals surface area contributed by atoms with Gasteiger partial charge in [-0.3, -0.25) is 14.5 Å². The van der Waals surface area contributed by atoms with Crippen LogP contribution in [0.5, 0.6) is 0 Å². The molecule has 0 radical (unpaired) electrons. The monoisotopic (exact) mass is 406 g/mol. The summed E-state index contributed by atoms with van der Waals surface area (Å²) in [4.78, 5) is 29.0. The van der Waals surface area contributed by atoms with Crippen LogP contribution < -0.4 is 15.1 Å². The molecule has 0 aliphatic carbocycles. The lowest BCUT2D eigenvalue weighted by Crippen LogP contribution is -2.57. The highest BCUT2D eigenvalue weighted by atomic mass is 32.2. The van der Waals surface area contributed by atoms with Crippen LogP contribution in [-0.2, 0) is 19.6 Å². The Morgan fingerprint density at radius 1 is 1.32 bits per heavy atom. The molecule has 1 aromatic carbocycles. The van der Waals surface area contributed by atoms with Crippen molar-refractivity contribution in [1.29, 1.82) is 0 Å². The summed E-state index contributed by atoms with van der Waals surface area (Å²) in [5.41, 5.74) is 1.25. The molecule has 2 heterocycles. The molecule has 2 amide bonds. The van der Waals surface area contributed by atoms with E-state index in [1.165, 1.54) is 25.1 Å². The maximum atomic E-state index is 13.2. The topological polar surface area (TPSA) is 90.0 Å². The van der Waals surface area contributed by atoms with Crippen LogP contribution in [0.2, 0.25) is 0 Å². The molecule has 1 atom stereocenters. The van der Waals surface area contributed by atoms with E-state index in [1.807, 2.05) is 4.90 Å². The second-order valence-corrected chi connectivity index (χ2v) is 9.31. The number of amides is 2. The van der Waals surface area contributed by atoms with Crippen molar-refractivity contribution in [2.75, 3.05) is 43.5 Å². The standard InChI is InChI=1S/C19H26N4O4S/c1-4-10-20-18(24)13-23-17-12-14(28(26,27)21(2)3)8-9-15(17)22-11-6-5-7-16(22)19(23)25/h4,8-9,12,16H,1,5-7,10-11,13H2,2-3H3,(H,20,24)/t16-/m1/s1. The number of sulfonamides is 1. The van der Waals surface area contributed by atoms with Gasteiger partial charge in [-0.25, -0.2) is 12.7 Å². The van der Waals surface area contributed by atoms with Gasteiger partial charge in [-0.1, -0.05) is 6.08 Å². The molecule has 1 N–H and O–H groups in total. The van der Waals surface area contributed by atoms with Crippen LogP contribution in [0.4, 0.5) is 11.4 Å². The molecule has 2 aliphatic rings. The number of nitrogens with one attached hydrogen (secondary N) is 1. The molecule has 2 aliphatic heterocycles. The van der Waals surface area contributed by atoms with Gasteiger partial charge in [-0.2, -0.15) is 0 Å². The summed E-state index contributed by atoms with van der Waals surface area (Å²) in [7, 11) is -0.741. The van der Waals surface area contributed by atoms with E-state index >= 15 is 0 Å². The van der Waals surface area contributed by atoms with Crippen molar-refractivity contribution in [2.45, 2.75) is 30.2 Å². The highest BCUT2D eigenvalue weighted by Gasteiger charge is 2.40. The zero-order valence-electron chi connectivity index (χ0n) is 16.2. The number of hydrogen-bond acceptors (Lipinski definition) is 5. The Morgan fingerprint density at radius 3 is 2.75 bits per heavy atom. The molecule has 0 saturated carbocycles. The Hall–Kier alpha value is -2.39. The minimum Gasteiger partial charge on any atom is -0.358 e. The van der Waals surface area contributed by atoms with Crippen LogP contribution >= 0.6 is 0 Å². The lowest BCUT2D eigenvalue weighted by Gasteiger charge is -2.45. The third kappa shape index (κ3) is 3.64. The number of fused-ring (bicyclic) bond motifs is 3. The summed E-state index contributed by atoms with van der Waals surface area (Å²) in [5, 5.41) is 2.68. The number of piperidine rings is 1. The summed E-state index contributed by atoms with van der Waals surface area (Å²) in [6, 6.07) is 4.48. The molecule has 3 rings (SSSR count). The minimum absolute atomic E-state index is 0.0935. The zero-order valence-corrected chi connectivity index (χ0v) is 17.0. The molecule has 0 bridgehead atoms. The molecular formula is C19H26N4O4S. The van der Waals surface area contributed by atoms with Gasteiger partial charge >= 0.3 is 0 Å². The second kappa shape index (κ2) is 7.92. The fourth-order valence-electron chi connectivity index (χ4n) is 3.66. The molecule has 0 spiro atoms. The molecule has 1 fully saturated rings. The smallest absolute Gasteiger partial charge is 0.250 e. The number of hydrogen-bond donors (Lipinski definition) is 1. The molecule has 0 aromatic heterocycles. The van der Waals surface area contributed by atoms with Crippen molar-refractivity contribution in [3.8, 4) is 0 Å². The van der Waals surface area contributed by atoms with Crippen LogP contribution in [0.25, 0.3) is 0 Å².